The number of nitrogens with zero attached hydrogens (tertiary/aromatic N) is 1. The van der Waals surface area contributed by atoms with Crippen LogP contribution in [-0.4, -0.2) is 25.4 Å². The Bertz CT molecular complexity index is 829. The van der Waals surface area contributed by atoms with Crippen LogP contribution in [0.25, 0.3) is 0 Å². The van der Waals surface area contributed by atoms with E-state index in [1.807, 2.05) is 44.2 Å². The summed E-state index contributed by atoms with van der Waals surface area (Å²) in [6.07, 6.45) is 5.14. The first-order chi connectivity index (χ1) is 14.2. The number of hydrogen-bond donors (Lipinski definition) is 0. The predicted octanol–water partition coefficient (Wildman–Crippen LogP) is 4.69. The fourth-order valence-electron chi connectivity index (χ4n) is 3.57. The lowest BCUT2D eigenvalue weighted by Crippen LogP contribution is -2.19. The Morgan fingerprint density at radius 2 is 1.93 bits per heavy atom. The molecular formula is C24H29NO4. The summed E-state index contributed by atoms with van der Waals surface area (Å²) in [7, 11) is 0. The molecule has 0 aliphatic heterocycles. The summed E-state index contributed by atoms with van der Waals surface area (Å²) in [5.74, 6) is 1.12. The van der Waals surface area contributed by atoms with Crippen molar-refractivity contribution in [2.24, 2.45) is 11.1 Å². The molecule has 29 heavy (non-hydrogen) atoms. The number of benzene rings is 2. The molecule has 0 fully saturated rings. The van der Waals surface area contributed by atoms with Crippen LogP contribution in [0.5, 0.6) is 5.75 Å². The van der Waals surface area contributed by atoms with E-state index in [9.17, 15) is 4.79 Å². The Morgan fingerprint density at radius 3 is 2.69 bits per heavy atom. The van der Waals surface area contributed by atoms with E-state index >= 15 is 0 Å². The number of rotatable bonds is 9. The molecule has 1 unspecified atom stereocenters. The van der Waals surface area contributed by atoms with Crippen molar-refractivity contribution in [2.75, 3.05) is 13.2 Å². The molecule has 0 N–H and O–H groups in total. The molecule has 0 spiro atoms. The minimum absolute atomic E-state index is 0.0943. The van der Waals surface area contributed by atoms with Gasteiger partial charge in [0.1, 0.15) is 19.0 Å². The highest BCUT2D eigenvalue weighted by molar-refractivity contribution is 5.79. The minimum Gasteiger partial charge on any atom is -0.489 e. The van der Waals surface area contributed by atoms with E-state index in [1.54, 1.807) is 6.21 Å². The molecule has 3 rings (SSSR count). The number of esters is 1. The van der Waals surface area contributed by atoms with Crippen molar-refractivity contribution in [3.05, 3.63) is 64.7 Å². The highest BCUT2D eigenvalue weighted by Gasteiger charge is 2.22. The Kier molecular flexibility index (Phi) is 7.68. The lowest BCUT2D eigenvalue weighted by atomic mass is 9.82. The Hall–Kier alpha value is -2.82. The number of ether oxygens (including phenoxy) is 2. The number of fused-ring (bicyclic) bond motifs is 1. The quantitative estimate of drug-likeness (QED) is 0.351. The van der Waals surface area contributed by atoms with Gasteiger partial charge in [-0.15, -0.1) is 0 Å². The molecule has 0 bridgehead atoms. The van der Waals surface area contributed by atoms with Crippen molar-refractivity contribution in [3.8, 4) is 5.75 Å². The molecule has 0 radical (unpaired) electrons. The van der Waals surface area contributed by atoms with Crippen molar-refractivity contribution in [1.29, 1.82) is 0 Å². The number of carbonyl (C=O) groups excluding carboxylic acids is 1. The van der Waals surface area contributed by atoms with Gasteiger partial charge < -0.3 is 14.3 Å². The predicted molar refractivity (Wildman–Crippen MR) is 113 cm³/mol. The smallest absolute Gasteiger partial charge is 0.306 e. The van der Waals surface area contributed by atoms with E-state index in [0.29, 0.717) is 32.2 Å². The van der Waals surface area contributed by atoms with E-state index in [-0.39, 0.29) is 5.97 Å². The molecule has 2 aromatic rings. The number of hydrogen-bond acceptors (Lipinski definition) is 5. The van der Waals surface area contributed by atoms with Gasteiger partial charge in [-0.1, -0.05) is 35.5 Å². The van der Waals surface area contributed by atoms with Crippen molar-refractivity contribution >= 4 is 12.2 Å². The zero-order valence-electron chi connectivity index (χ0n) is 17.2. The van der Waals surface area contributed by atoms with Gasteiger partial charge in [-0.25, -0.2) is 0 Å². The fourth-order valence-corrected chi connectivity index (χ4v) is 3.57. The number of carbonyl (C=O) groups is 1. The molecule has 0 heterocycles. The van der Waals surface area contributed by atoms with Gasteiger partial charge in [0.05, 0.1) is 12.8 Å². The van der Waals surface area contributed by atoms with Crippen molar-refractivity contribution in [2.45, 2.75) is 46.1 Å². The van der Waals surface area contributed by atoms with Crippen LogP contribution >= 0.6 is 0 Å². The van der Waals surface area contributed by atoms with Gasteiger partial charge in [0.15, 0.2) is 0 Å². The third-order valence-electron chi connectivity index (χ3n) is 5.06. The van der Waals surface area contributed by atoms with E-state index in [2.05, 4.69) is 17.3 Å². The fraction of sp³-hybridized carbons (Fsp3) is 0.417. The van der Waals surface area contributed by atoms with E-state index in [4.69, 9.17) is 14.3 Å². The second-order valence-electron chi connectivity index (χ2n) is 7.23. The van der Waals surface area contributed by atoms with E-state index in [1.165, 1.54) is 11.1 Å². The third-order valence-corrected chi connectivity index (χ3v) is 5.06. The summed E-state index contributed by atoms with van der Waals surface area (Å²) in [6.45, 7) is 5.26. The summed E-state index contributed by atoms with van der Waals surface area (Å²) < 4.78 is 11.1. The second-order valence-corrected chi connectivity index (χ2v) is 7.23. The minimum atomic E-state index is -0.0943. The van der Waals surface area contributed by atoms with E-state index < -0.39 is 0 Å². The average molecular weight is 395 g/mol. The standard InChI is InChI=1S/C24H29NO4/c1-3-27-24(26)14-20-9-10-21-11-12-23(15-22(21)13-20)28-17-19-7-5-18(6-8-19)16-25-29-4-2/h5-8,11-12,15-16,20H,3-4,9-10,13-14,17H2,1-2H3. The van der Waals surface area contributed by atoms with Crippen LogP contribution < -0.4 is 4.74 Å². The summed E-state index contributed by atoms with van der Waals surface area (Å²) in [4.78, 5) is 16.8. The maximum absolute atomic E-state index is 11.8. The van der Waals surface area contributed by atoms with Crippen LogP contribution in [0.3, 0.4) is 0 Å². The molecule has 0 saturated heterocycles. The van der Waals surface area contributed by atoms with Crippen molar-refractivity contribution < 1.29 is 19.1 Å². The van der Waals surface area contributed by atoms with Gasteiger partial charge in [-0.3, -0.25) is 4.79 Å². The zero-order chi connectivity index (χ0) is 20.5. The first kappa shape index (κ1) is 20.9. The number of oxime groups is 1. The summed E-state index contributed by atoms with van der Waals surface area (Å²) in [5.41, 5.74) is 4.72. The normalized spacial score (nSPS) is 15.7. The third kappa shape index (κ3) is 6.34. The van der Waals surface area contributed by atoms with Crippen LogP contribution in [0, 0.1) is 5.92 Å². The SMILES string of the molecule is CCON=Cc1ccc(COc2ccc3c(c2)CC(CC(=O)OCC)CC3)cc1. The van der Waals surface area contributed by atoms with Crippen LogP contribution in [0.15, 0.2) is 47.6 Å². The maximum atomic E-state index is 11.8. The van der Waals surface area contributed by atoms with Gasteiger partial charge in [-0.05, 0) is 73.4 Å². The highest BCUT2D eigenvalue weighted by atomic mass is 16.6. The monoisotopic (exact) mass is 395 g/mol. The molecule has 1 aliphatic rings. The largest absolute Gasteiger partial charge is 0.489 e. The first-order valence-corrected chi connectivity index (χ1v) is 10.3. The van der Waals surface area contributed by atoms with Gasteiger partial charge >= 0.3 is 5.97 Å². The molecule has 5 heteroatoms. The van der Waals surface area contributed by atoms with Crippen LogP contribution in [0.1, 0.15) is 48.9 Å². The summed E-state index contributed by atoms with van der Waals surface area (Å²) >= 11 is 0. The van der Waals surface area contributed by atoms with E-state index in [0.717, 1.165) is 36.1 Å². The molecule has 0 amide bonds. The number of aryl methyl sites for hydroxylation is 1. The lowest BCUT2D eigenvalue weighted by Gasteiger charge is -2.24. The molecule has 2 aromatic carbocycles. The van der Waals surface area contributed by atoms with Gasteiger partial charge in [0, 0.05) is 6.42 Å². The lowest BCUT2D eigenvalue weighted by molar-refractivity contribution is -0.144. The van der Waals surface area contributed by atoms with Gasteiger partial charge in [0.2, 0.25) is 0 Å². The molecule has 1 atom stereocenters. The second kappa shape index (κ2) is 10.6. The first-order valence-electron chi connectivity index (χ1n) is 10.3. The zero-order valence-corrected chi connectivity index (χ0v) is 17.2. The van der Waals surface area contributed by atoms with Crippen molar-refractivity contribution in [3.63, 3.8) is 0 Å². The molecule has 154 valence electrons. The van der Waals surface area contributed by atoms with Gasteiger partial charge in [0.25, 0.3) is 0 Å². The van der Waals surface area contributed by atoms with Crippen LogP contribution in [-0.2, 0) is 33.8 Å². The molecule has 1 aliphatic carbocycles. The summed E-state index contributed by atoms with van der Waals surface area (Å²) in [6, 6.07) is 14.4. The topological polar surface area (TPSA) is 57.1 Å². The molecule has 0 aromatic heterocycles. The Balaban J connectivity index is 1.55. The Morgan fingerprint density at radius 1 is 1.10 bits per heavy atom. The van der Waals surface area contributed by atoms with Crippen LogP contribution in [0.2, 0.25) is 0 Å². The van der Waals surface area contributed by atoms with Crippen LogP contribution in [0.4, 0.5) is 0 Å². The maximum Gasteiger partial charge on any atom is 0.306 e. The average Bonchev–Trinajstić information content (AvgIpc) is 2.73. The summed E-state index contributed by atoms with van der Waals surface area (Å²) in [5, 5.41) is 3.87. The molecule has 5 nitrogen and oxygen atoms in total. The Labute approximate surface area is 172 Å². The molecular weight excluding hydrogens is 366 g/mol. The highest BCUT2D eigenvalue weighted by Crippen LogP contribution is 2.30. The molecule has 0 saturated carbocycles. The van der Waals surface area contributed by atoms with Gasteiger partial charge in [-0.2, -0.15) is 0 Å². The van der Waals surface area contributed by atoms with Crippen molar-refractivity contribution in [1.82, 2.24) is 0 Å².